The molecule has 1 fully saturated rings. The first-order chi connectivity index (χ1) is 11.1. The minimum Gasteiger partial charge on any atom is -0.326 e. The highest BCUT2D eigenvalue weighted by atomic mass is 32.2. The molecule has 9 heteroatoms. The minimum atomic E-state index is -4.43. The number of halogens is 3. The molecule has 134 valence electrons. The van der Waals surface area contributed by atoms with Gasteiger partial charge in [0, 0.05) is 18.8 Å². The van der Waals surface area contributed by atoms with Crippen molar-refractivity contribution in [3.8, 4) is 0 Å². The molecule has 1 aliphatic rings. The van der Waals surface area contributed by atoms with Gasteiger partial charge in [-0.2, -0.15) is 13.2 Å². The number of alkyl halides is 3. The van der Waals surface area contributed by atoms with E-state index in [1.165, 1.54) is 16.4 Å². The molecule has 1 aromatic carbocycles. The van der Waals surface area contributed by atoms with Crippen molar-refractivity contribution >= 4 is 21.6 Å². The van der Waals surface area contributed by atoms with Crippen LogP contribution >= 0.6 is 0 Å². The SMILES string of the molecule is CCS(=O)(=O)N1CCC[C@@H](C(=O)Nc2ccc(C(F)(F)F)cc2)C1. The van der Waals surface area contributed by atoms with Crippen LogP contribution in [-0.4, -0.2) is 37.5 Å². The van der Waals surface area contributed by atoms with Gasteiger partial charge in [-0.05, 0) is 44.0 Å². The zero-order valence-electron chi connectivity index (χ0n) is 13.1. The van der Waals surface area contributed by atoms with Crippen molar-refractivity contribution in [2.45, 2.75) is 25.9 Å². The highest BCUT2D eigenvalue weighted by Gasteiger charge is 2.32. The number of hydrogen-bond donors (Lipinski definition) is 1. The number of benzene rings is 1. The Balaban J connectivity index is 2.02. The van der Waals surface area contributed by atoms with Crippen LogP contribution in [0.3, 0.4) is 0 Å². The van der Waals surface area contributed by atoms with Gasteiger partial charge in [0.1, 0.15) is 0 Å². The van der Waals surface area contributed by atoms with Gasteiger partial charge in [-0.1, -0.05) is 0 Å². The molecule has 1 aliphatic heterocycles. The van der Waals surface area contributed by atoms with E-state index in [0.717, 1.165) is 12.1 Å². The smallest absolute Gasteiger partial charge is 0.326 e. The van der Waals surface area contributed by atoms with Crippen LogP contribution in [0.1, 0.15) is 25.3 Å². The van der Waals surface area contributed by atoms with Crippen LogP contribution in [0.2, 0.25) is 0 Å². The topological polar surface area (TPSA) is 66.5 Å². The van der Waals surface area contributed by atoms with E-state index in [2.05, 4.69) is 5.32 Å². The van der Waals surface area contributed by atoms with Crippen LogP contribution in [0.5, 0.6) is 0 Å². The summed E-state index contributed by atoms with van der Waals surface area (Å²) in [7, 11) is -3.35. The highest BCUT2D eigenvalue weighted by Crippen LogP contribution is 2.30. The lowest BCUT2D eigenvalue weighted by Gasteiger charge is -2.30. The number of amides is 1. The Morgan fingerprint density at radius 1 is 1.29 bits per heavy atom. The van der Waals surface area contributed by atoms with Crippen LogP contribution in [0, 0.1) is 5.92 Å². The fourth-order valence-electron chi connectivity index (χ4n) is 2.58. The Kier molecular flexibility index (Phi) is 5.54. The number of nitrogens with zero attached hydrogens (tertiary/aromatic N) is 1. The average molecular weight is 364 g/mol. The summed E-state index contributed by atoms with van der Waals surface area (Å²) in [4.78, 5) is 12.3. The van der Waals surface area contributed by atoms with Gasteiger partial charge in [-0.15, -0.1) is 0 Å². The Bertz CT molecular complexity index is 687. The first kappa shape index (κ1) is 18.7. The predicted octanol–water partition coefficient (Wildman–Crippen LogP) is 2.71. The second kappa shape index (κ2) is 7.10. The summed E-state index contributed by atoms with van der Waals surface area (Å²) in [6, 6.07) is 4.16. The lowest BCUT2D eigenvalue weighted by atomic mass is 9.98. The Morgan fingerprint density at radius 3 is 2.46 bits per heavy atom. The highest BCUT2D eigenvalue weighted by molar-refractivity contribution is 7.89. The van der Waals surface area contributed by atoms with Crippen molar-refractivity contribution in [2.24, 2.45) is 5.92 Å². The molecule has 2 rings (SSSR count). The largest absolute Gasteiger partial charge is 0.416 e. The summed E-state index contributed by atoms with van der Waals surface area (Å²) < 4.78 is 62.6. The number of nitrogens with one attached hydrogen (secondary N) is 1. The molecule has 24 heavy (non-hydrogen) atoms. The Morgan fingerprint density at radius 2 is 1.92 bits per heavy atom. The first-order valence-corrected chi connectivity index (χ1v) is 9.20. The molecule has 0 unspecified atom stereocenters. The third-order valence-electron chi connectivity index (χ3n) is 3.99. The quantitative estimate of drug-likeness (QED) is 0.893. The summed E-state index contributed by atoms with van der Waals surface area (Å²) in [5, 5.41) is 2.55. The minimum absolute atomic E-state index is 0.0275. The monoisotopic (exact) mass is 364 g/mol. The molecular formula is C15H19F3N2O3S. The van der Waals surface area contributed by atoms with Crippen LogP contribution < -0.4 is 5.32 Å². The summed E-state index contributed by atoms with van der Waals surface area (Å²) >= 11 is 0. The third kappa shape index (κ3) is 4.47. The number of piperidine rings is 1. The van der Waals surface area contributed by atoms with Crippen molar-refractivity contribution in [3.63, 3.8) is 0 Å². The lowest BCUT2D eigenvalue weighted by molar-refractivity contribution is -0.137. The summed E-state index contributed by atoms with van der Waals surface area (Å²) in [5.74, 6) is -0.923. The molecule has 5 nitrogen and oxygen atoms in total. The third-order valence-corrected chi connectivity index (χ3v) is 5.84. The van der Waals surface area contributed by atoms with E-state index in [9.17, 15) is 26.4 Å². The molecule has 0 aliphatic carbocycles. The van der Waals surface area contributed by atoms with Crippen molar-refractivity contribution in [1.82, 2.24) is 4.31 Å². The molecule has 1 saturated heterocycles. The fourth-order valence-corrected chi connectivity index (χ4v) is 3.76. The van der Waals surface area contributed by atoms with E-state index in [1.807, 2.05) is 0 Å². The molecule has 0 radical (unpaired) electrons. The van der Waals surface area contributed by atoms with Crippen LogP contribution in [-0.2, 0) is 21.0 Å². The number of carbonyl (C=O) groups excluding carboxylic acids is 1. The van der Waals surface area contributed by atoms with E-state index in [4.69, 9.17) is 0 Å². The summed E-state index contributed by atoms with van der Waals surface area (Å²) in [6.45, 7) is 2.03. The fraction of sp³-hybridized carbons (Fsp3) is 0.533. The Hall–Kier alpha value is -1.61. The van der Waals surface area contributed by atoms with Crippen LogP contribution in [0.15, 0.2) is 24.3 Å². The molecule has 0 bridgehead atoms. The molecule has 1 N–H and O–H groups in total. The molecule has 0 saturated carbocycles. The second-order valence-corrected chi connectivity index (χ2v) is 7.92. The number of rotatable bonds is 4. The number of anilines is 1. The van der Waals surface area contributed by atoms with Crippen molar-refractivity contribution in [1.29, 1.82) is 0 Å². The van der Waals surface area contributed by atoms with Crippen LogP contribution in [0.25, 0.3) is 0 Å². The first-order valence-electron chi connectivity index (χ1n) is 7.59. The molecule has 1 aromatic rings. The number of hydrogen-bond acceptors (Lipinski definition) is 3. The van der Waals surface area contributed by atoms with Gasteiger partial charge < -0.3 is 5.32 Å². The maximum atomic E-state index is 12.5. The van der Waals surface area contributed by atoms with Gasteiger partial charge in [0.2, 0.25) is 15.9 Å². The average Bonchev–Trinajstić information content (AvgIpc) is 2.54. The molecule has 1 heterocycles. The molecule has 1 amide bonds. The van der Waals surface area contributed by atoms with Gasteiger partial charge >= 0.3 is 6.18 Å². The van der Waals surface area contributed by atoms with Gasteiger partial charge in [0.05, 0.1) is 17.2 Å². The van der Waals surface area contributed by atoms with E-state index in [0.29, 0.717) is 19.4 Å². The van der Waals surface area contributed by atoms with Crippen molar-refractivity contribution in [3.05, 3.63) is 29.8 Å². The van der Waals surface area contributed by atoms with Gasteiger partial charge in [-0.3, -0.25) is 4.79 Å². The molecule has 0 aromatic heterocycles. The standard InChI is InChI=1S/C15H19F3N2O3S/c1-2-24(22,23)20-9-3-4-11(10-20)14(21)19-13-7-5-12(6-8-13)15(16,17)18/h5-8,11H,2-4,9-10H2,1H3,(H,19,21)/t11-/m1/s1. The number of carbonyl (C=O) groups is 1. The van der Waals surface area contributed by atoms with E-state index in [-0.39, 0.29) is 23.9 Å². The normalized spacial score (nSPS) is 19.9. The Labute approximate surface area is 138 Å². The van der Waals surface area contributed by atoms with E-state index in [1.54, 1.807) is 6.92 Å². The van der Waals surface area contributed by atoms with Crippen LogP contribution in [0.4, 0.5) is 18.9 Å². The van der Waals surface area contributed by atoms with Crippen molar-refractivity contribution in [2.75, 3.05) is 24.2 Å². The number of sulfonamides is 1. The van der Waals surface area contributed by atoms with Gasteiger partial charge in [0.15, 0.2) is 0 Å². The molecule has 1 atom stereocenters. The lowest BCUT2D eigenvalue weighted by Crippen LogP contribution is -2.44. The second-order valence-electron chi connectivity index (χ2n) is 5.66. The maximum absolute atomic E-state index is 12.5. The zero-order chi connectivity index (χ0) is 18.0. The van der Waals surface area contributed by atoms with Crippen molar-refractivity contribution < 1.29 is 26.4 Å². The summed E-state index contributed by atoms with van der Waals surface area (Å²) in [6.07, 6.45) is -3.31. The maximum Gasteiger partial charge on any atom is 0.416 e. The van der Waals surface area contributed by atoms with Gasteiger partial charge in [0.25, 0.3) is 0 Å². The summed E-state index contributed by atoms with van der Waals surface area (Å²) in [5.41, 5.74) is -0.540. The van der Waals surface area contributed by atoms with Gasteiger partial charge in [-0.25, -0.2) is 12.7 Å². The predicted molar refractivity (Wildman–Crippen MR) is 83.8 cm³/mol. The van der Waals surface area contributed by atoms with E-state index >= 15 is 0 Å². The molecular weight excluding hydrogens is 345 g/mol. The zero-order valence-corrected chi connectivity index (χ0v) is 14.0. The van der Waals surface area contributed by atoms with E-state index < -0.39 is 27.7 Å². The molecule has 0 spiro atoms.